The van der Waals surface area contributed by atoms with Gasteiger partial charge in [0.2, 0.25) is 0 Å². The fourth-order valence-corrected chi connectivity index (χ4v) is 4.29. The molecule has 88 valence electrons. The summed E-state index contributed by atoms with van der Waals surface area (Å²) < 4.78 is 7.03. The third-order valence-corrected chi connectivity index (χ3v) is 4.96. The number of piperidine rings is 1. The molecule has 1 aromatic heterocycles. The highest BCUT2D eigenvalue weighted by Crippen LogP contribution is 2.45. The molecular weight excluding hydrogens is 242 g/mol. The van der Waals surface area contributed by atoms with E-state index in [4.69, 9.17) is 16.3 Å². The van der Waals surface area contributed by atoms with Crippen molar-refractivity contribution < 1.29 is 4.74 Å². The summed E-state index contributed by atoms with van der Waals surface area (Å²) in [6.07, 6.45) is 3.15. The molecule has 2 atom stereocenters. The van der Waals surface area contributed by atoms with E-state index in [1.165, 1.54) is 10.4 Å². The molecule has 2 aliphatic rings. The number of hydrogen-bond acceptors (Lipinski definition) is 3. The van der Waals surface area contributed by atoms with E-state index >= 15 is 0 Å². The monoisotopic (exact) mass is 257 g/mol. The maximum Gasteiger partial charge on any atom is 0.0969 e. The van der Waals surface area contributed by atoms with Crippen LogP contribution in [0.3, 0.4) is 0 Å². The Kier molecular flexibility index (Phi) is 2.75. The Morgan fingerprint density at radius 3 is 3.31 bits per heavy atom. The molecule has 0 aromatic carbocycles. The van der Waals surface area contributed by atoms with Crippen LogP contribution in [-0.2, 0) is 16.8 Å². The van der Waals surface area contributed by atoms with Crippen LogP contribution in [0.1, 0.15) is 30.2 Å². The second-order valence-electron chi connectivity index (χ2n) is 4.79. The molecule has 1 aromatic rings. The molecule has 0 bridgehead atoms. The number of halogens is 1. The van der Waals surface area contributed by atoms with Gasteiger partial charge in [0.25, 0.3) is 0 Å². The molecule has 1 saturated heterocycles. The molecule has 0 radical (unpaired) electrons. The lowest BCUT2D eigenvalue weighted by Gasteiger charge is -2.43. The molecule has 3 heterocycles. The van der Waals surface area contributed by atoms with Gasteiger partial charge in [-0.25, -0.2) is 0 Å². The molecule has 1 spiro atoms. The Morgan fingerprint density at radius 2 is 2.50 bits per heavy atom. The van der Waals surface area contributed by atoms with Crippen LogP contribution >= 0.6 is 22.9 Å². The molecule has 2 aliphatic heterocycles. The molecule has 16 heavy (non-hydrogen) atoms. The highest BCUT2D eigenvalue weighted by atomic mass is 35.5. The number of hydrogen-bond donors (Lipinski definition) is 1. The van der Waals surface area contributed by atoms with Crippen molar-refractivity contribution in [3.05, 3.63) is 20.8 Å². The van der Waals surface area contributed by atoms with Gasteiger partial charge < -0.3 is 10.1 Å². The summed E-state index contributed by atoms with van der Waals surface area (Å²) in [4.78, 5) is 1.44. The highest BCUT2D eigenvalue weighted by molar-refractivity contribution is 7.16. The lowest BCUT2D eigenvalue weighted by atomic mass is 9.80. The third-order valence-electron chi connectivity index (χ3n) is 3.63. The Balaban J connectivity index is 2.02. The van der Waals surface area contributed by atoms with Gasteiger partial charge in [0.15, 0.2) is 0 Å². The SMILES string of the molecule is C[C@H]1CC2(CCN1)OCCc1sc(Cl)cc12. The van der Waals surface area contributed by atoms with Gasteiger partial charge in [0.1, 0.15) is 0 Å². The average Bonchev–Trinajstić information content (AvgIpc) is 2.60. The Morgan fingerprint density at radius 1 is 1.62 bits per heavy atom. The van der Waals surface area contributed by atoms with E-state index in [0.29, 0.717) is 6.04 Å². The average molecular weight is 258 g/mol. The van der Waals surface area contributed by atoms with Crippen molar-refractivity contribution in [2.24, 2.45) is 0 Å². The largest absolute Gasteiger partial charge is 0.370 e. The second-order valence-corrected chi connectivity index (χ2v) is 6.56. The minimum absolute atomic E-state index is 0.0537. The number of thiophene rings is 1. The smallest absolute Gasteiger partial charge is 0.0969 e. The van der Waals surface area contributed by atoms with Crippen molar-refractivity contribution in [1.82, 2.24) is 5.32 Å². The van der Waals surface area contributed by atoms with Crippen LogP contribution in [0.15, 0.2) is 6.07 Å². The predicted octanol–water partition coefficient (Wildman–Crippen LogP) is 2.94. The second kappa shape index (κ2) is 3.98. The summed E-state index contributed by atoms with van der Waals surface area (Å²) in [6.45, 7) is 4.11. The standard InChI is InChI=1S/C12H16ClNOS/c1-8-7-12(3-4-14-8)9-6-11(13)16-10(9)2-5-15-12/h6,8,14H,2-5,7H2,1H3/t8-,12?/m0/s1. The first-order valence-corrected chi connectivity index (χ1v) is 7.05. The lowest BCUT2D eigenvalue weighted by Crippen LogP contribution is -2.48. The number of nitrogens with one attached hydrogen (secondary N) is 1. The topological polar surface area (TPSA) is 21.3 Å². The Hall–Kier alpha value is -0.0900. The molecule has 0 amide bonds. The minimum Gasteiger partial charge on any atom is -0.370 e. The molecule has 4 heteroatoms. The van der Waals surface area contributed by atoms with Crippen LogP contribution in [0.4, 0.5) is 0 Å². The van der Waals surface area contributed by atoms with Gasteiger partial charge in [-0.15, -0.1) is 11.3 Å². The summed E-state index contributed by atoms with van der Waals surface area (Å²) in [5, 5.41) is 3.48. The van der Waals surface area contributed by atoms with E-state index in [9.17, 15) is 0 Å². The van der Waals surface area contributed by atoms with E-state index in [0.717, 1.165) is 36.8 Å². The van der Waals surface area contributed by atoms with Crippen LogP contribution in [0.25, 0.3) is 0 Å². The van der Waals surface area contributed by atoms with Gasteiger partial charge in [-0.2, -0.15) is 0 Å². The molecule has 2 nitrogen and oxygen atoms in total. The lowest BCUT2D eigenvalue weighted by molar-refractivity contribution is -0.0869. The molecule has 0 aliphatic carbocycles. The zero-order chi connectivity index (χ0) is 11.2. The van der Waals surface area contributed by atoms with E-state index < -0.39 is 0 Å². The quantitative estimate of drug-likeness (QED) is 0.772. The molecule has 1 N–H and O–H groups in total. The van der Waals surface area contributed by atoms with Gasteiger partial charge >= 0.3 is 0 Å². The van der Waals surface area contributed by atoms with Crippen molar-refractivity contribution in [3.8, 4) is 0 Å². The fraction of sp³-hybridized carbons (Fsp3) is 0.667. The van der Waals surface area contributed by atoms with Gasteiger partial charge in [0, 0.05) is 17.3 Å². The number of ether oxygens (including phenoxy) is 1. The van der Waals surface area contributed by atoms with Crippen molar-refractivity contribution in [2.75, 3.05) is 13.2 Å². The van der Waals surface area contributed by atoms with Gasteiger partial charge in [-0.05, 0) is 37.9 Å². The molecule has 1 unspecified atom stereocenters. The summed E-state index contributed by atoms with van der Waals surface area (Å²) in [7, 11) is 0. The third kappa shape index (κ3) is 1.70. The van der Waals surface area contributed by atoms with Gasteiger partial charge in [-0.3, -0.25) is 0 Å². The summed E-state index contributed by atoms with van der Waals surface area (Å²) in [5.41, 5.74) is 1.31. The van der Waals surface area contributed by atoms with Crippen molar-refractivity contribution >= 4 is 22.9 Å². The van der Waals surface area contributed by atoms with E-state index in [2.05, 4.69) is 18.3 Å². The predicted molar refractivity (Wildman–Crippen MR) is 67.4 cm³/mol. The van der Waals surface area contributed by atoms with Crippen LogP contribution in [0.2, 0.25) is 4.34 Å². The first kappa shape index (κ1) is 11.0. The zero-order valence-corrected chi connectivity index (χ0v) is 11.0. The minimum atomic E-state index is -0.0537. The Bertz CT molecular complexity index is 406. The molecular formula is C12H16ClNOS. The van der Waals surface area contributed by atoms with Crippen molar-refractivity contribution in [1.29, 1.82) is 0 Å². The fourth-order valence-electron chi connectivity index (χ4n) is 2.95. The maximum absolute atomic E-state index is 6.14. The molecule has 0 saturated carbocycles. The van der Waals surface area contributed by atoms with Crippen LogP contribution in [0.5, 0.6) is 0 Å². The normalized spacial score (nSPS) is 34.0. The van der Waals surface area contributed by atoms with Gasteiger partial charge in [-0.1, -0.05) is 11.6 Å². The van der Waals surface area contributed by atoms with Crippen LogP contribution < -0.4 is 5.32 Å². The van der Waals surface area contributed by atoms with Crippen LogP contribution in [0, 0.1) is 0 Å². The summed E-state index contributed by atoms with van der Waals surface area (Å²) in [5.74, 6) is 0. The highest BCUT2D eigenvalue weighted by Gasteiger charge is 2.42. The molecule has 1 fully saturated rings. The Labute approximate surface area is 105 Å². The first-order chi connectivity index (χ1) is 7.70. The maximum atomic E-state index is 6.14. The molecule has 3 rings (SSSR count). The summed E-state index contributed by atoms with van der Waals surface area (Å²) >= 11 is 7.86. The van der Waals surface area contributed by atoms with Crippen molar-refractivity contribution in [2.45, 2.75) is 37.8 Å². The first-order valence-electron chi connectivity index (χ1n) is 5.86. The number of rotatable bonds is 0. The van der Waals surface area contributed by atoms with E-state index in [-0.39, 0.29) is 5.60 Å². The van der Waals surface area contributed by atoms with Crippen molar-refractivity contribution in [3.63, 3.8) is 0 Å². The summed E-state index contributed by atoms with van der Waals surface area (Å²) in [6, 6.07) is 2.65. The van der Waals surface area contributed by atoms with E-state index in [1.54, 1.807) is 11.3 Å². The van der Waals surface area contributed by atoms with Crippen LogP contribution in [-0.4, -0.2) is 19.2 Å². The zero-order valence-electron chi connectivity index (χ0n) is 9.38. The van der Waals surface area contributed by atoms with Gasteiger partial charge in [0.05, 0.1) is 16.5 Å². The van der Waals surface area contributed by atoms with E-state index in [1.807, 2.05) is 0 Å². The number of fused-ring (bicyclic) bond motifs is 2.